The van der Waals surface area contributed by atoms with Gasteiger partial charge in [0, 0.05) is 51.9 Å². The molecule has 1 aromatic carbocycles. The topological polar surface area (TPSA) is 52.7 Å². The van der Waals surface area contributed by atoms with Gasteiger partial charge >= 0.3 is 0 Å². The van der Waals surface area contributed by atoms with Crippen LogP contribution >= 0.6 is 0 Å². The van der Waals surface area contributed by atoms with E-state index in [2.05, 4.69) is 5.32 Å². The van der Waals surface area contributed by atoms with E-state index in [1.165, 1.54) is 6.92 Å². The van der Waals surface area contributed by atoms with E-state index in [4.69, 9.17) is 0 Å². The number of benzene rings is 1. The van der Waals surface area contributed by atoms with Gasteiger partial charge in [0.2, 0.25) is 11.8 Å². The molecule has 0 fully saturated rings. The summed E-state index contributed by atoms with van der Waals surface area (Å²) in [7, 11) is 3.94. The molecule has 0 saturated carbocycles. The average molecular weight is 291 g/mol. The number of nitrogens with zero attached hydrogens (tertiary/aromatic N) is 2. The minimum absolute atomic E-state index is 0.0139. The van der Waals surface area contributed by atoms with E-state index in [0.29, 0.717) is 19.5 Å². The number of rotatable bonds is 7. The molecule has 2 amide bonds. The van der Waals surface area contributed by atoms with E-state index in [9.17, 15) is 9.59 Å². The molecule has 1 rings (SSSR count). The SMILES string of the molecule is CCCN(CCC(=O)Nc1ccc(N(C)C)cc1)C(C)=O. The first-order valence-electron chi connectivity index (χ1n) is 7.26. The van der Waals surface area contributed by atoms with E-state index < -0.39 is 0 Å². The van der Waals surface area contributed by atoms with Gasteiger partial charge in [-0.1, -0.05) is 6.92 Å². The minimum atomic E-state index is -0.0741. The molecular formula is C16H25N3O2. The van der Waals surface area contributed by atoms with Crippen LogP contribution in [0.2, 0.25) is 0 Å². The monoisotopic (exact) mass is 291 g/mol. The summed E-state index contributed by atoms with van der Waals surface area (Å²) in [5.74, 6) is -0.0602. The van der Waals surface area contributed by atoms with Gasteiger partial charge in [0.05, 0.1) is 0 Å². The van der Waals surface area contributed by atoms with Gasteiger partial charge in [0.15, 0.2) is 0 Å². The van der Waals surface area contributed by atoms with Crippen molar-refractivity contribution in [2.75, 3.05) is 37.4 Å². The van der Waals surface area contributed by atoms with Crippen molar-refractivity contribution >= 4 is 23.2 Å². The van der Waals surface area contributed by atoms with Crippen LogP contribution in [0, 0.1) is 0 Å². The minimum Gasteiger partial charge on any atom is -0.378 e. The summed E-state index contributed by atoms with van der Waals surface area (Å²) in [6.07, 6.45) is 1.21. The second kappa shape index (κ2) is 8.29. The lowest BCUT2D eigenvalue weighted by atomic mass is 10.2. The van der Waals surface area contributed by atoms with Crippen molar-refractivity contribution in [3.63, 3.8) is 0 Å². The normalized spacial score (nSPS) is 10.1. The third kappa shape index (κ3) is 5.85. The van der Waals surface area contributed by atoms with Crippen LogP contribution in [0.5, 0.6) is 0 Å². The molecule has 0 aromatic heterocycles. The van der Waals surface area contributed by atoms with E-state index in [1.807, 2.05) is 50.2 Å². The van der Waals surface area contributed by atoms with Crippen LogP contribution in [0.1, 0.15) is 26.7 Å². The lowest BCUT2D eigenvalue weighted by Crippen LogP contribution is -2.32. The zero-order valence-corrected chi connectivity index (χ0v) is 13.3. The summed E-state index contributed by atoms with van der Waals surface area (Å²) in [4.78, 5) is 27.0. The first-order valence-corrected chi connectivity index (χ1v) is 7.26. The van der Waals surface area contributed by atoms with Crippen molar-refractivity contribution < 1.29 is 9.59 Å². The molecule has 0 saturated heterocycles. The summed E-state index contributed by atoms with van der Waals surface area (Å²) in [6.45, 7) is 4.71. The Morgan fingerprint density at radius 3 is 2.19 bits per heavy atom. The number of carbonyl (C=O) groups is 2. The Morgan fingerprint density at radius 1 is 1.10 bits per heavy atom. The van der Waals surface area contributed by atoms with Gasteiger partial charge < -0.3 is 15.1 Å². The van der Waals surface area contributed by atoms with Crippen LogP contribution in [0.25, 0.3) is 0 Å². The van der Waals surface area contributed by atoms with Gasteiger partial charge in [-0.05, 0) is 30.7 Å². The van der Waals surface area contributed by atoms with E-state index in [-0.39, 0.29) is 11.8 Å². The fourth-order valence-electron chi connectivity index (χ4n) is 2.00. The zero-order valence-electron chi connectivity index (χ0n) is 13.3. The molecule has 0 heterocycles. The Kier molecular flexibility index (Phi) is 6.72. The van der Waals surface area contributed by atoms with Crippen molar-refractivity contribution in [2.24, 2.45) is 0 Å². The lowest BCUT2D eigenvalue weighted by molar-refractivity contribution is -0.129. The molecule has 0 spiro atoms. The van der Waals surface area contributed by atoms with Crippen molar-refractivity contribution in [2.45, 2.75) is 26.7 Å². The van der Waals surface area contributed by atoms with Crippen LogP contribution in [0.15, 0.2) is 24.3 Å². The predicted molar refractivity (Wildman–Crippen MR) is 86.6 cm³/mol. The van der Waals surface area contributed by atoms with Gasteiger partial charge in [0.1, 0.15) is 0 Å². The molecule has 0 aliphatic heterocycles. The van der Waals surface area contributed by atoms with Gasteiger partial charge in [-0.2, -0.15) is 0 Å². The van der Waals surface area contributed by atoms with E-state index in [1.54, 1.807) is 4.90 Å². The van der Waals surface area contributed by atoms with Crippen molar-refractivity contribution in [3.8, 4) is 0 Å². The lowest BCUT2D eigenvalue weighted by Gasteiger charge is -2.19. The highest BCUT2D eigenvalue weighted by atomic mass is 16.2. The van der Waals surface area contributed by atoms with Crippen LogP contribution in [-0.4, -0.2) is 43.9 Å². The van der Waals surface area contributed by atoms with Crippen molar-refractivity contribution in [1.82, 2.24) is 4.90 Å². The molecule has 0 radical (unpaired) electrons. The predicted octanol–water partition coefficient (Wildman–Crippen LogP) is 2.34. The number of nitrogens with one attached hydrogen (secondary N) is 1. The summed E-state index contributed by atoms with van der Waals surface area (Å²) in [6, 6.07) is 7.66. The first-order chi connectivity index (χ1) is 9.93. The van der Waals surface area contributed by atoms with Crippen LogP contribution in [0.4, 0.5) is 11.4 Å². The Hall–Kier alpha value is -2.04. The van der Waals surface area contributed by atoms with Gasteiger partial charge in [-0.15, -0.1) is 0 Å². The quantitative estimate of drug-likeness (QED) is 0.839. The average Bonchev–Trinajstić information content (AvgIpc) is 2.43. The number of carbonyl (C=O) groups excluding carboxylic acids is 2. The Balaban J connectivity index is 2.47. The standard InChI is InChI=1S/C16H25N3O2/c1-5-11-19(13(2)20)12-10-16(21)17-14-6-8-15(9-7-14)18(3)4/h6-9H,5,10-12H2,1-4H3,(H,17,21). The largest absolute Gasteiger partial charge is 0.378 e. The molecule has 0 unspecified atom stereocenters. The maximum atomic E-state index is 11.9. The second-order valence-electron chi connectivity index (χ2n) is 5.25. The van der Waals surface area contributed by atoms with Crippen LogP contribution in [-0.2, 0) is 9.59 Å². The maximum Gasteiger partial charge on any atom is 0.226 e. The molecule has 0 bridgehead atoms. The molecular weight excluding hydrogens is 266 g/mol. The number of hydrogen-bond acceptors (Lipinski definition) is 3. The maximum absolute atomic E-state index is 11.9. The highest BCUT2D eigenvalue weighted by molar-refractivity contribution is 5.91. The Labute approximate surface area is 126 Å². The summed E-state index contributed by atoms with van der Waals surface area (Å²) in [5.41, 5.74) is 1.86. The highest BCUT2D eigenvalue weighted by Gasteiger charge is 2.10. The molecule has 21 heavy (non-hydrogen) atoms. The Bertz CT molecular complexity index is 469. The fourth-order valence-corrected chi connectivity index (χ4v) is 2.00. The van der Waals surface area contributed by atoms with Gasteiger partial charge in [-0.3, -0.25) is 9.59 Å². The molecule has 0 aliphatic rings. The smallest absolute Gasteiger partial charge is 0.226 e. The molecule has 5 heteroatoms. The summed E-state index contributed by atoms with van der Waals surface area (Å²) >= 11 is 0. The third-order valence-electron chi connectivity index (χ3n) is 3.22. The summed E-state index contributed by atoms with van der Waals surface area (Å²) in [5, 5.41) is 2.85. The number of anilines is 2. The van der Waals surface area contributed by atoms with E-state index >= 15 is 0 Å². The third-order valence-corrected chi connectivity index (χ3v) is 3.22. The molecule has 116 valence electrons. The summed E-state index contributed by atoms with van der Waals surface area (Å²) < 4.78 is 0. The molecule has 1 N–H and O–H groups in total. The fraction of sp³-hybridized carbons (Fsp3) is 0.500. The second-order valence-corrected chi connectivity index (χ2v) is 5.25. The van der Waals surface area contributed by atoms with Crippen molar-refractivity contribution in [3.05, 3.63) is 24.3 Å². The zero-order chi connectivity index (χ0) is 15.8. The van der Waals surface area contributed by atoms with Gasteiger partial charge in [-0.25, -0.2) is 0 Å². The van der Waals surface area contributed by atoms with E-state index in [0.717, 1.165) is 17.8 Å². The molecule has 1 aromatic rings. The van der Waals surface area contributed by atoms with Crippen LogP contribution in [0.3, 0.4) is 0 Å². The Morgan fingerprint density at radius 2 is 1.71 bits per heavy atom. The molecule has 5 nitrogen and oxygen atoms in total. The van der Waals surface area contributed by atoms with Crippen molar-refractivity contribution in [1.29, 1.82) is 0 Å². The first kappa shape index (κ1) is 17.0. The number of amides is 2. The van der Waals surface area contributed by atoms with Crippen LogP contribution < -0.4 is 10.2 Å². The number of hydrogen-bond donors (Lipinski definition) is 1. The van der Waals surface area contributed by atoms with Gasteiger partial charge in [0.25, 0.3) is 0 Å². The molecule has 0 aliphatic carbocycles. The molecule has 0 atom stereocenters. The highest BCUT2D eigenvalue weighted by Crippen LogP contribution is 2.15.